The molecular formula is C24H25F3N2OS2. The van der Waals surface area contributed by atoms with Crippen molar-refractivity contribution < 1.29 is 17.9 Å². The second-order valence-electron chi connectivity index (χ2n) is 7.53. The Morgan fingerprint density at radius 1 is 1.31 bits per heavy atom. The predicted octanol–water partition coefficient (Wildman–Crippen LogP) is 7.57. The molecule has 1 aromatic carbocycles. The van der Waals surface area contributed by atoms with Gasteiger partial charge in [0.25, 0.3) is 0 Å². The molecule has 1 unspecified atom stereocenters. The number of ether oxygens (including phenoxy) is 1. The number of aromatic nitrogens is 1. The number of hydrogen-bond acceptors (Lipinski definition) is 5. The number of aryl methyl sites for hydroxylation is 1. The van der Waals surface area contributed by atoms with Crippen LogP contribution < -0.4 is 4.74 Å². The summed E-state index contributed by atoms with van der Waals surface area (Å²) < 4.78 is 45.3. The number of nitriles is 1. The number of unbranched alkanes of at least 4 members (excludes halogenated alkanes) is 1. The minimum atomic E-state index is -4.19. The van der Waals surface area contributed by atoms with E-state index in [4.69, 9.17) is 9.72 Å². The highest BCUT2D eigenvalue weighted by Gasteiger charge is 2.38. The zero-order valence-corrected chi connectivity index (χ0v) is 19.7. The fourth-order valence-corrected chi connectivity index (χ4v) is 4.99. The number of thioether (sulfide) groups is 1. The van der Waals surface area contributed by atoms with Gasteiger partial charge >= 0.3 is 6.18 Å². The van der Waals surface area contributed by atoms with E-state index >= 15 is 0 Å². The van der Waals surface area contributed by atoms with E-state index in [1.807, 2.05) is 12.3 Å². The second kappa shape index (κ2) is 11.1. The summed E-state index contributed by atoms with van der Waals surface area (Å²) in [7, 11) is 0. The Labute approximate surface area is 195 Å². The Kier molecular flexibility index (Phi) is 8.44. The monoisotopic (exact) mass is 478 g/mol. The van der Waals surface area contributed by atoms with Gasteiger partial charge in [-0.3, -0.25) is 0 Å². The standard InChI is InChI=1S/C24H25F3N2OS2/c1-3-4-8-20-22(15-30-19-12-10-17(14-28)21(13-19)31-2)32-23(29-20)16-6-5-7-18(11-9-16)24(25,26)27/h5-6,9-10,12-13,18H,3-4,7-8,11,15H2,1-2H3. The first-order chi connectivity index (χ1) is 15.4. The lowest BCUT2D eigenvalue weighted by molar-refractivity contribution is -0.172. The summed E-state index contributed by atoms with van der Waals surface area (Å²) in [5.41, 5.74) is 2.29. The smallest absolute Gasteiger partial charge is 0.392 e. The molecule has 0 aliphatic heterocycles. The van der Waals surface area contributed by atoms with E-state index in [1.165, 1.54) is 23.1 Å². The van der Waals surface area contributed by atoms with Crippen molar-refractivity contribution in [3.63, 3.8) is 0 Å². The average Bonchev–Trinajstić information content (AvgIpc) is 3.00. The predicted molar refractivity (Wildman–Crippen MR) is 124 cm³/mol. The van der Waals surface area contributed by atoms with Gasteiger partial charge in [-0.25, -0.2) is 4.98 Å². The quantitative estimate of drug-likeness (QED) is 0.367. The van der Waals surface area contributed by atoms with Crippen LogP contribution in [0.5, 0.6) is 5.75 Å². The summed E-state index contributed by atoms with van der Waals surface area (Å²) >= 11 is 2.97. The van der Waals surface area contributed by atoms with Crippen molar-refractivity contribution in [2.75, 3.05) is 6.26 Å². The van der Waals surface area contributed by atoms with E-state index in [0.717, 1.165) is 45.3 Å². The van der Waals surface area contributed by atoms with E-state index in [0.29, 0.717) is 17.9 Å². The molecule has 0 radical (unpaired) electrons. The molecule has 1 heterocycles. The molecule has 1 aliphatic rings. The molecule has 0 saturated carbocycles. The lowest BCUT2D eigenvalue weighted by Crippen LogP contribution is -2.21. The molecule has 0 bridgehead atoms. The fourth-order valence-electron chi connectivity index (χ4n) is 3.38. The minimum Gasteiger partial charge on any atom is -0.488 e. The number of nitrogens with zero attached hydrogens (tertiary/aromatic N) is 2. The largest absolute Gasteiger partial charge is 0.488 e. The number of benzene rings is 1. The van der Waals surface area contributed by atoms with Crippen molar-refractivity contribution in [2.45, 2.75) is 56.7 Å². The summed E-state index contributed by atoms with van der Waals surface area (Å²) in [6.07, 6.45) is 5.48. The molecule has 170 valence electrons. The van der Waals surface area contributed by atoms with E-state index in [9.17, 15) is 18.4 Å². The van der Waals surface area contributed by atoms with Gasteiger partial charge in [-0.1, -0.05) is 31.6 Å². The molecule has 0 saturated heterocycles. The first-order valence-electron chi connectivity index (χ1n) is 10.5. The van der Waals surface area contributed by atoms with Crippen molar-refractivity contribution in [2.24, 2.45) is 5.92 Å². The maximum atomic E-state index is 13.1. The van der Waals surface area contributed by atoms with Crippen LogP contribution >= 0.6 is 23.1 Å². The van der Waals surface area contributed by atoms with Crippen LogP contribution in [0.15, 0.2) is 41.3 Å². The van der Waals surface area contributed by atoms with Gasteiger partial charge < -0.3 is 4.74 Å². The Bertz CT molecular complexity index is 1030. The lowest BCUT2D eigenvalue weighted by Gasteiger charge is -2.15. The van der Waals surface area contributed by atoms with E-state index < -0.39 is 12.1 Å². The van der Waals surface area contributed by atoms with Crippen LogP contribution in [-0.2, 0) is 13.0 Å². The molecule has 1 aromatic heterocycles. The third-order valence-electron chi connectivity index (χ3n) is 5.26. The fraction of sp³-hybridized carbons (Fsp3) is 0.417. The van der Waals surface area contributed by atoms with Gasteiger partial charge in [-0.05, 0) is 50.1 Å². The van der Waals surface area contributed by atoms with Crippen LogP contribution in [0.2, 0.25) is 0 Å². The first-order valence-corrected chi connectivity index (χ1v) is 12.5. The highest BCUT2D eigenvalue weighted by atomic mass is 32.2. The van der Waals surface area contributed by atoms with Crippen molar-refractivity contribution >= 4 is 28.7 Å². The summed E-state index contributed by atoms with van der Waals surface area (Å²) in [6, 6.07) is 7.54. The van der Waals surface area contributed by atoms with Gasteiger partial charge in [0.15, 0.2) is 0 Å². The van der Waals surface area contributed by atoms with E-state index in [2.05, 4.69) is 13.0 Å². The molecule has 2 aromatic rings. The van der Waals surface area contributed by atoms with Crippen LogP contribution in [0.25, 0.3) is 5.57 Å². The van der Waals surface area contributed by atoms with Crippen molar-refractivity contribution in [1.82, 2.24) is 4.98 Å². The van der Waals surface area contributed by atoms with Gasteiger partial charge in [0.1, 0.15) is 23.4 Å². The van der Waals surface area contributed by atoms with Crippen LogP contribution in [0.3, 0.4) is 0 Å². The van der Waals surface area contributed by atoms with Gasteiger partial charge in [0.05, 0.1) is 22.1 Å². The molecule has 1 atom stereocenters. The van der Waals surface area contributed by atoms with Gasteiger partial charge in [0.2, 0.25) is 0 Å². The molecule has 8 heteroatoms. The summed E-state index contributed by atoms with van der Waals surface area (Å²) in [5.74, 6) is -0.674. The number of alkyl halides is 3. The number of halogens is 3. The Hall–Kier alpha value is -2.24. The van der Waals surface area contributed by atoms with Gasteiger partial charge in [-0.15, -0.1) is 23.1 Å². The molecule has 0 spiro atoms. The van der Waals surface area contributed by atoms with Gasteiger partial charge in [0, 0.05) is 10.5 Å². The average molecular weight is 479 g/mol. The van der Waals surface area contributed by atoms with Gasteiger partial charge in [-0.2, -0.15) is 18.4 Å². The topological polar surface area (TPSA) is 45.9 Å². The van der Waals surface area contributed by atoms with Crippen molar-refractivity contribution in [1.29, 1.82) is 5.26 Å². The van der Waals surface area contributed by atoms with Crippen molar-refractivity contribution in [3.8, 4) is 11.8 Å². The highest BCUT2D eigenvalue weighted by molar-refractivity contribution is 7.98. The molecule has 32 heavy (non-hydrogen) atoms. The zero-order chi connectivity index (χ0) is 23.1. The van der Waals surface area contributed by atoms with Crippen LogP contribution in [0, 0.1) is 17.2 Å². The summed E-state index contributed by atoms with van der Waals surface area (Å²) in [5, 5.41) is 9.93. The number of allylic oxidation sites excluding steroid dienone is 4. The van der Waals surface area contributed by atoms with E-state index in [1.54, 1.807) is 30.4 Å². The maximum Gasteiger partial charge on any atom is 0.392 e. The minimum absolute atomic E-state index is 0.00992. The van der Waals surface area contributed by atoms with Crippen LogP contribution in [-0.4, -0.2) is 17.4 Å². The number of rotatable bonds is 8. The molecule has 3 nitrogen and oxygen atoms in total. The Morgan fingerprint density at radius 2 is 2.12 bits per heavy atom. The number of hydrogen-bond donors (Lipinski definition) is 0. The molecule has 0 N–H and O–H groups in total. The molecular weight excluding hydrogens is 453 g/mol. The number of thiazole rings is 1. The van der Waals surface area contributed by atoms with Crippen LogP contribution in [0.4, 0.5) is 13.2 Å². The summed E-state index contributed by atoms with van der Waals surface area (Å²) in [6.45, 7) is 2.44. The molecule has 1 aliphatic carbocycles. The molecule has 3 rings (SSSR count). The highest BCUT2D eigenvalue weighted by Crippen LogP contribution is 2.37. The van der Waals surface area contributed by atoms with Crippen molar-refractivity contribution in [3.05, 3.63) is 57.6 Å². The normalized spacial score (nSPS) is 16.4. The molecule has 0 fully saturated rings. The Balaban J connectivity index is 1.81. The third-order valence-corrected chi connectivity index (χ3v) is 7.16. The third kappa shape index (κ3) is 6.17. The maximum absolute atomic E-state index is 13.1. The second-order valence-corrected chi connectivity index (χ2v) is 9.46. The molecule has 0 amide bonds. The van der Waals surface area contributed by atoms with E-state index in [-0.39, 0.29) is 12.8 Å². The summed E-state index contributed by atoms with van der Waals surface area (Å²) in [4.78, 5) is 6.60. The lowest BCUT2D eigenvalue weighted by atomic mass is 10.0. The SMILES string of the molecule is CCCCc1nc(C2=CCC(C(F)(F)F)CC=C2)sc1COc1ccc(C#N)c(SC)c1. The Morgan fingerprint density at radius 3 is 2.81 bits per heavy atom. The zero-order valence-electron chi connectivity index (χ0n) is 18.0. The first kappa shape index (κ1) is 24.4. The van der Waals surface area contributed by atoms with Crippen LogP contribution in [0.1, 0.15) is 53.7 Å².